The van der Waals surface area contributed by atoms with Crippen molar-refractivity contribution in [3.8, 4) is 0 Å². The maximum absolute atomic E-state index is 12.9. The van der Waals surface area contributed by atoms with Crippen molar-refractivity contribution in [3.63, 3.8) is 0 Å². The van der Waals surface area contributed by atoms with Gasteiger partial charge in [-0.15, -0.1) is 0 Å². The van der Waals surface area contributed by atoms with Gasteiger partial charge in [-0.3, -0.25) is 0 Å². The molecule has 0 amide bonds. The van der Waals surface area contributed by atoms with E-state index in [9.17, 15) is 4.79 Å². The van der Waals surface area contributed by atoms with Gasteiger partial charge in [-0.05, 0) is 111 Å². The van der Waals surface area contributed by atoms with Gasteiger partial charge in [0.1, 0.15) is 6.79 Å². The molecule has 0 N–H and O–H groups in total. The van der Waals surface area contributed by atoms with Crippen LogP contribution in [0.3, 0.4) is 0 Å². The Morgan fingerprint density at radius 3 is 2.00 bits per heavy atom. The summed E-state index contributed by atoms with van der Waals surface area (Å²) in [5.41, 5.74) is 9.94. The second-order valence-corrected chi connectivity index (χ2v) is 12.0. The number of carbonyl (C=O) groups excluding carboxylic acids is 1. The van der Waals surface area contributed by atoms with Crippen LogP contribution in [0.1, 0.15) is 112 Å². The highest BCUT2D eigenvalue weighted by molar-refractivity contribution is 5.90. The van der Waals surface area contributed by atoms with E-state index in [4.69, 9.17) is 14.2 Å². The molecule has 0 aromatic rings. The Morgan fingerprint density at radius 1 is 0.854 bits per heavy atom. The highest BCUT2D eigenvalue weighted by Crippen LogP contribution is 2.36. The van der Waals surface area contributed by atoms with Crippen LogP contribution < -0.4 is 0 Å². The zero-order valence-corrected chi connectivity index (χ0v) is 27.5. The normalized spacial score (nSPS) is 15.9. The first-order valence-electron chi connectivity index (χ1n) is 15.4. The zero-order chi connectivity index (χ0) is 30.6. The summed E-state index contributed by atoms with van der Waals surface area (Å²) in [5.74, 6) is -0.122. The van der Waals surface area contributed by atoms with E-state index in [1.807, 2.05) is 0 Å². The van der Waals surface area contributed by atoms with E-state index in [1.165, 1.54) is 40.5 Å². The fraction of sp³-hybridized carbons (Fsp3) is 0.595. The summed E-state index contributed by atoms with van der Waals surface area (Å²) in [6.45, 7) is 18.0. The van der Waals surface area contributed by atoms with E-state index < -0.39 is 0 Å². The number of methoxy groups -OCH3 is 2. The molecule has 0 aromatic heterocycles. The summed E-state index contributed by atoms with van der Waals surface area (Å²) in [6, 6.07) is 0. The van der Waals surface area contributed by atoms with Crippen molar-refractivity contribution in [1.82, 2.24) is 0 Å². The lowest BCUT2D eigenvalue weighted by atomic mass is 9.80. The summed E-state index contributed by atoms with van der Waals surface area (Å²) in [4.78, 5) is 12.9. The van der Waals surface area contributed by atoms with E-state index in [-0.39, 0.29) is 18.7 Å². The molecule has 4 heteroatoms. The van der Waals surface area contributed by atoms with Gasteiger partial charge >= 0.3 is 5.97 Å². The monoisotopic (exact) mass is 566 g/mol. The van der Waals surface area contributed by atoms with Crippen LogP contribution in [0.4, 0.5) is 0 Å². The number of hydrogen-bond acceptors (Lipinski definition) is 4. The molecule has 4 nitrogen and oxygen atoms in total. The molecule has 0 bridgehead atoms. The number of rotatable bonds is 20. The average molecular weight is 567 g/mol. The van der Waals surface area contributed by atoms with Crippen molar-refractivity contribution in [2.45, 2.75) is 112 Å². The van der Waals surface area contributed by atoms with E-state index >= 15 is 0 Å². The van der Waals surface area contributed by atoms with Crippen molar-refractivity contribution in [2.75, 3.05) is 27.6 Å². The minimum absolute atomic E-state index is 0.130. The third kappa shape index (κ3) is 16.6. The van der Waals surface area contributed by atoms with Gasteiger partial charge in [-0.2, -0.15) is 0 Å². The predicted octanol–water partition coefficient (Wildman–Crippen LogP) is 10.3. The molecular weight excluding hydrogens is 508 g/mol. The molecule has 1 unspecified atom stereocenters. The van der Waals surface area contributed by atoms with Crippen LogP contribution in [0.2, 0.25) is 0 Å². The van der Waals surface area contributed by atoms with Gasteiger partial charge in [0.2, 0.25) is 0 Å². The van der Waals surface area contributed by atoms with Crippen molar-refractivity contribution in [2.24, 2.45) is 5.92 Å². The molecule has 0 saturated carbocycles. The lowest BCUT2D eigenvalue weighted by molar-refractivity contribution is -0.136. The Hall–Kier alpha value is -2.43. The molecule has 1 rings (SSSR count). The molecule has 1 atom stereocenters. The van der Waals surface area contributed by atoms with Crippen LogP contribution in [-0.2, 0) is 19.0 Å². The molecule has 230 valence electrons. The van der Waals surface area contributed by atoms with Crippen molar-refractivity contribution < 1.29 is 19.0 Å². The molecule has 0 spiro atoms. The Morgan fingerprint density at radius 2 is 1.44 bits per heavy atom. The van der Waals surface area contributed by atoms with Gasteiger partial charge in [0, 0.05) is 25.0 Å². The van der Waals surface area contributed by atoms with Crippen LogP contribution in [-0.4, -0.2) is 33.6 Å². The summed E-state index contributed by atoms with van der Waals surface area (Å²) in [5, 5.41) is 0. The number of esters is 1. The molecule has 0 saturated heterocycles. The van der Waals surface area contributed by atoms with E-state index in [0.29, 0.717) is 13.0 Å². The lowest BCUT2D eigenvalue weighted by Crippen LogP contribution is -2.21. The average Bonchev–Trinajstić information content (AvgIpc) is 2.91. The summed E-state index contributed by atoms with van der Waals surface area (Å²) < 4.78 is 16.1. The predicted molar refractivity (Wildman–Crippen MR) is 175 cm³/mol. The smallest absolute Gasteiger partial charge is 0.334 e. The van der Waals surface area contributed by atoms with Crippen molar-refractivity contribution >= 4 is 5.97 Å². The lowest BCUT2D eigenvalue weighted by Gasteiger charge is -2.27. The van der Waals surface area contributed by atoms with Gasteiger partial charge in [0.05, 0.1) is 13.7 Å². The first kappa shape index (κ1) is 36.6. The first-order chi connectivity index (χ1) is 19.6. The van der Waals surface area contributed by atoms with E-state index in [0.717, 1.165) is 75.4 Å². The third-order valence-corrected chi connectivity index (χ3v) is 7.51. The first-order valence-corrected chi connectivity index (χ1v) is 15.4. The molecule has 0 radical (unpaired) electrons. The minimum atomic E-state index is -0.252. The molecule has 0 fully saturated rings. The molecule has 1 aliphatic carbocycles. The Kier molecular flexibility index (Phi) is 19.0. The van der Waals surface area contributed by atoms with Crippen LogP contribution in [0, 0.1) is 5.92 Å². The van der Waals surface area contributed by atoms with Gasteiger partial charge in [-0.25, -0.2) is 4.79 Å². The largest absolute Gasteiger partial charge is 0.466 e. The second-order valence-electron chi connectivity index (χ2n) is 12.0. The molecule has 0 aromatic carbocycles. The van der Waals surface area contributed by atoms with Crippen LogP contribution in [0.5, 0.6) is 0 Å². The molecule has 0 heterocycles. The number of ether oxygens (including phenoxy) is 3. The van der Waals surface area contributed by atoms with Gasteiger partial charge in [-0.1, -0.05) is 70.4 Å². The number of carbonyl (C=O) groups is 1. The fourth-order valence-corrected chi connectivity index (χ4v) is 5.09. The van der Waals surface area contributed by atoms with E-state index in [1.54, 1.807) is 7.11 Å². The third-order valence-electron chi connectivity index (χ3n) is 7.51. The molecule has 41 heavy (non-hydrogen) atoms. The van der Waals surface area contributed by atoms with Crippen molar-refractivity contribution in [1.29, 1.82) is 0 Å². The maximum atomic E-state index is 12.9. The highest BCUT2D eigenvalue weighted by atomic mass is 16.7. The SMILES string of the molecule is C=C(CC/C=C(\C)CCC=C(C)C)CCC1C=C(CC/C=C(\C)CCC=C(C)C)CC(C(=O)OC)=C1COCOC. The Balaban J connectivity index is 2.91. The summed E-state index contributed by atoms with van der Waals surface area (Å²) in [6.07, 6.45) is 22.5. The van der Waals surface area contributed by atoms with Crippen molar-refractivity contribution in [3.05, 3.63) is 81.5 Å². The molecule has 0 aliphatic heterocycles. The van der Waals surface area contributed by atoms with Gasteiger partial charge in [0.25, 0.3) is 0 Å². The van der Waals surface area contributed by atoms with Crippen LogP contribution in [0.15, 0.2) is 81.5 Å². The van der Waals surface area contributed by atoms with Crippen LogP contribution in [0.25, 0.3) is 0 Å². The Labute approximate surface area is 252 Å². The summed E-state index contributed by atoms with van der Waals surface area (Å²) in [7, 11) is 3.08. The summed E-state index contributed by atoms with van der Waals surface area (Å²) >= 11 is 0. The maximum Gasteiger partial charge on any atom is 0.334 e. The van der Waals surface area contributed by atoms with Crippen LogP contribution >= 0.6 is 0 Å². The topological polar surface area (TPSA) is 44.8 Å². The molecule has 1 aliphatic rings. The zero-order valence-electron chi connectivity index (χ0n) is 27.5. The number of allylic oxidation sites excluding steroid dienone is 11. The van der Waals surface area contributed by atoms with Gasteiger partial charge < -0.3 is 14.2 Å². The fourth-order valence-electron chi connectivity index (χ4n) is 5.09. The second kappa shape index (κ2) is 21.3. The molecular formula is C37H58O4. The standard InChI is InChI=1S/C37H58O4/c1-28(2)14-10-16-30(5)18-12-19-32(7)22-23-34-24-33(21-13-20-31(6)17-11-15-29(3)4)25-35(37(38)40-9)36(34)26-41-27-39-8/h14-15,18,20,24,34H,7,10-13,16-17,19,21-23,25-27H2,1-6,8-9H3/b30-18+,31-20+. The quantitative estimate of drug-likeness (QED) is 0.0636. The Bertz CT molecular complexity index is 1010. The van der Waals surface area contributed by atoms with E-state index in [2.05, 4.69) is 78.5 Å². The van der Waals surface area contributed by atoms with Gasteiger partial charge in [0.15, 0.2) is 0 Å². The highest BCUT2D eigenvalue weighted by Gasteiger charge is 2.27. The minimum Gasteiger partial charge on any atom is -0.466 e. The number of hydrogen-bond donors (Lipinski definition) is 0.